The number of anilines is 2. The minimum Gasteiger partial charge on any atom is -0.378 e. The van der Waals surface area contributed by atoms with Gasteiger partial charge in [0.1, 0.15) is 17.6 Å². The molecule has 4 heterocycles. The Kier molecular flexibility index (Phi) is 4.47. The zero-order chi connectivity index (χ0) is 19.8. The molecule has 0 aromatic carbocycles. The summed E-state index contributed by atoms with van der Waals surface area (Å²) in [6.07, 6.45) is 3.73. The number of aromatic amines is 1. The molecule has 1 aliphatic carbocycles. The Bertz CT molecular complexity index is 1020. The third-order valence-electron chi connectivity index (χ3n) is 6.42. The molecule has 2 aromatic rings. The SMILES string of the molecule is N#Cc1cccc(N2CCCC3(CCc4c3nc(N3CCOCC3)[nH]c4=O)C2)n1. The van der Waals surface area contributed by atoms with Crippen LogP contribution in [0.25, 0.3) is 0 Å². The average Bonchev–Trinajstić information content (AvgIpc) is 3.12. The Morgan fingerprint density at radius 2 is 2.00 bits per heavy atom. The van der Waals surface area contributed by atoms with Crippen LogP contribution in [-0.2, 0) is 16.6 Å². The lowest BCUT2D eigenvalue weighted by atomic mass is 9.77. The van der Waals surface area contributed by atoms with E-state index in [0.717, 1.165) is 68.9 Å². The zero-order valence-electron chi connectivity index (χ0n) is 16.4. The lowest BCUT2D eigenvalue weighted by Gasteiger charge is -2.41. The normalized spacial score (nSPS) is 23.8. The number of aromatic nitrogens is 3. The minimum absolute atomic E-state index is 0.00454. The van der Waals surface area contributed by atoms with Gasteiger partial charge in [0.15, 0.2) is 0 Å². The minimum atomic E-state index is -0.132. The molecule has 0 saturated carbocycles. The molecule has 2 aromatic heterocycles. The van der Waals surface area contributed by atoms with E-state index in [0.29, 0.717) is 24.9 Å². The van der Waals surface area contributed by atoms with Crippen LogP contribution in [0.2, 0.25) is 0 Å². The van der Waals surface area contributed by atoms with Gasteiger partial charge in [0.25, 0.3) is 5.56 Å². The Morgan fingerprint density at radius 3 is 2.83 bits per heavy atom. The first-order valence-corrected chi connectivity index (χ1v) is 10.3. The number of rotatable bonds is 2. The second kappa shape index (κ2) is 7.16. The van der Waals surface area contributed by atoms with Crippen LogP contribution in [0.1, 0.15) is 36.2 Å². The van der Waals surface area contributed by atoms with Crippen molar-refractivity contribution in [2.24, 2.45) is 0 Å². The van der Waals surface area contributed by atoms with Crippen molar-refractivity contribution in [3.8, 4) is 6.07 Å². The second-order valence-electron chi connectivity index (χ2n) is 8.11. The van der Waals surface area contributed by atoms with E-state index in [2.05, 4.69) is 25.8 Å². The Labute approximate surface area is 169 Å². The molecule has 2 fully saturated rings. The number of H-pyrrole nitrogens is 1. The summed E-state index contributed by atoms with van der Waals surface area (Å²) in [6, 6.07) is 7.69. The lowest BCUT2D eigenvalue weighted by Crippen LogP contribution is -2.46. The van der Waals surface area contributed by atoms with Crippen LogP contribution in [0.15, 0.2) is 23.0 Å². The summed E-state index contributed by atoms with van der Waals surface area (Å²) < 4.78 is 5.44. The first-order valence-electron chi connectivity index (χ1n) is 10.3. The number of pyridine rings is 1. The summed E-state index contributed by atoms with van der Waals surface area (Å²) in [5, 5.41) is 9.19. The fourth-order valence-electron chi connectivity index (χ4n) is 4.95. The van der Waals surface area contributed by atoms with Gasteiger partial charge in [-0.2, -0.15) is 5.26 Å². The number of nitrogens with one attached hydrogen (secondary N) is 1. The maximum Gasteiger partial charge on any atom is 0.255 e. The highest BCUT2D eigenvalue weighted by Crippen LogP contribution is 2.44. The molecule has 0 amide bonds. The molecule has 150 valence electrons. The predicted octanol–water partition coefficient (Wildman–Crippen LogP) is 1.36. The molecular formula is C21H24N6O2. The van der Waals surface area contributed by atoms with Crippen LogP contribution in [0.5, 0.6) is 0 Å². The standard InChI is InChI=1S/C21H24N6O2/c22-13-15-3-1-4-17(23-15)27-8-2-6-21(14-27)7-5-16-18(21)24-20(25-19(16)28)26-9-11-29-12-10-26/h1,3-4H,2,5-12,14H2,(H,24,25,28). The summed E-state index contributed by atoms with van der Waals surface area (Å²) in [4.78, 5) is 29.7. The van der Waals surface area contributed by atoms with E-state index in [1.807, 2.05) is 12.1 Å². The average molecular weight is 392 g/mol. The molecule has 2 aliphatic heterocycles. The van der Waals surface area contributed by atoms with Gasteiger partial charge < -0.3 is 14.5 Å². The van der Waals surface area contributed by atoms with E-state index in [1.165, 1.54) is 0 Å². The van der Waals surface area contributed by atoms with Crippen molar-refractivity contribution in [3.63, 3.8) is 0 Å². The van der Waals surface area contributed by atoms with Gasteiger partial charge in [0.05, 0.1) is 18.9 Å². The van der Waals surface area contributed by atoms with Gasteiger partial charge in [-0.1, -0.05) is 6.07 Å². The van der Waals surface area contributed by atoms with Crippen LogP contribution in [0.3, 0.4) is 0 Å². The number of hydrogen-bond acceptors (Lipinski definition) is 7. The van der Waals surface area contributed by atoms with Gasteiger partial charge in [-0.05, 0) is 37.8 Å². The summed E-state index contributed by atoms with van der Waals surface area (Å²) in [7, 11) is 0. The molecule has 29 heavy (non-hydrogen) atoms. The van der Waals surface area contributed by atoms with Crippen molar-refractivity contribution < 1.29 is 4.74 Å². The van der Waals surface area contributed by atoms with Crippen LogP contribution in [-0.4, -0.2) is 54.3 Å². The number of ether oxygens (including phenoxy) is 1. The fraction of sp³-hybridized carbons (Fsp3) is 0.524. The van der Waals surface area contributed by atoms with Gasteiger partial charge in [-0.3, -0.25) is 9.78 Å². The van der Waals surface area contributed by atoms with Crippen LogP contribution >= 0.6 is 0 Å². The molecule has 8 nitrogen and oxygen atoms in total. The first-order chi connectivity index (χ1) is 14.2. The van der Waals surface area contributed by atoms with Crippen molar-refractivity contribution in [2.45, 2.75) is 31.1 Å². The molecule has 3 aliphatic rings. The van der Waals surface area contributed by atoms with Crippen molar-refractivity contribution in [1.82, 2.24) is 15.0 Å². The third kappa shape index (κ3) is 3.15. The summed E-state index contributed by atoms with van der Waals surface area (Å²) >= 11 is 0. The van der Waals surface area contributed by atoms with Crippen LogP contribution < -0.4 is 15.4 Å². The number of hydrogen-bond donors (Lipinski definition) is 1. The molecule has 2 saturated heterocycles. The van der Waals surface area contributed by atoms with Crippen molar-refractivity contribution in [3.05, 3.63) is 45.5 Å². The smallest absolute Gasteiger partial charge is 0.255 e. The van der Waals surface area contributed by atoms with Crippen LogP contribution in [0.4, 0.5) is 11.8 Å². The summed E-state index contributed by atoms with van der Waals surface area (Å²) in [5.41, 5.74) is 2.09. The summed E-state index contributed by atoms with van der Waals surface area (Å²) in [6.45, 7) is 4.47. The topological polar surface area (TPSA) is 98.1 Å². The maximum absolute atomic E-state index is 12.8. The van der Waals surface area contributed by atoms with Gasteiger partial charge in [-0.25, -0.2) is 9.97 Å². The van der Waals surface area contributed by atoms with Crippen molar-refractivity contribution in [1.29, 1.82) is 5.26 Å². The molecule has 1 unspecified atom stereocenters. The molecule has 8 heteroatoms. The second-order valence-corrected chi connectivity index (χ2v) is 8.11. The van der Waals surface area contributed by atoms with Gasteiger partial charge in [0.2, 0.25) is 5.95 Å². The highest BCUT2D eigenvalue weighted by Gasteiger charge is 2.45. The van der Waals surface area contributed by atoms with Gasteiger partial charge in [0, 0.05) is 37.2 Å². The molecule has 0 bridgehead atoms. The molecule has 1 spiro atoms. The van der Waals surface area contributed by atoms with Crippen LogP contribution in [0, 0.1) is 11.3 Å². The largest absolute Gasteiger partial charge is 0.378 e. The maximum atomic E-state index is 12.8. The van der Waals surface area contributed by atoms with Gasteiger partial charge in [-0.15, -0.1) is 0 Å². The lowest BCUT2D eigenvalue weighted by molar-refractivity contribution is 0.122. The number of morpholine rings is 1. The van der Waals surface area contributed by atoms with Crippen molar-refractivity contribution >= 4 is 11.8 Å². The Balaban J connectivity index is 1.50. The molecular weight excluding hydrogens is 368 g/mol. The molecule has 1 N–H and O–H groups in total. The molecule has 1 atom stereocenters. The van der Waals surface area contributed by atoms with E-state index in [4.69, 9.17) is 9.72 Å². The van der Waals surface area contributed by atoms with E-state index in [1.54, 1.807) is 6.07 Å². The van der Waals surface area contributed by atoms with Crippen molar-refractivity contribution in [2.75, 3.05) is 49.2 Å². The number of piperidine rings is 1. The highest BCUT2D eigenvalue weighted by molar-refractivity contribution is 5.47. The molecule has 5 rings (SSSR count). The Morgan fingerprint density at radius 1 is 1.14 bits per heavy atom. The fourth-order valence-corrected chi connectivity index (χ4v) is 4.95. The highest BCUT2D eigenvalue weighted by atomic mass is 16.5. The van der Waals surface area contributed by atoms with E-state index < -0.39 is 0 Å². The number of fused-ring (bicyclic) bond motifs is 2. The zero-order valence-corrected chi connectivity index (χ0v) is 16.4. The van der Waals surface area contributed by atoms with E-state index >= 15 is 0 Å². The van der Waals surface area contributed by atoms with E-state index in [-0.39, 0.29) is 11.0 Å². The predicted molar refractivity (Wildman–Crippen MR) is 108 cm³/mol. The van der Waals surface area contributed by atoms with Gasteiger partial charge >= 0.3 is 0 Å². The first kappa shape index (κ1) is 18.1. The quantitative estimate of drug-likeness (QED) is 0.824. The summed E-state index contributed by atoms with van der Waals surface area (Å²) in [5.74, 6) is 1.50. The monoisotopic (exact) mass is 392 g/mol. The third-order valence-corrected chi connectivity index (χ3v) is 6.42. The van der Waals surface area contributed by atoms with E-state index in [9.17, 15) is 10.1 Å². The Hall–Kier alpha value is -2.92. The number of nitriles is 1. The number of nitrogens with zero attached hydrogens (tertiary/aromatic N) is 5. The molecule has 0 radical (unpaired) electrons.